The van der Waals surface area contributed by atoms with Crippen LogP contribution >= 0.6 is 0 Å². The molecule has 46 valence electrons. The van der Waals surface area contributed by atoms with Crippen molar-refractivity contribution in [1.82, 2.24) is 0 Å². The van der Waals surface area contributed by atoms with Crippen molar-refractivity contribution >= 4 is 18.1 Å². The summed E-state index contributed by atoms with van der Waals surface area (Å²) in [4.78, 5) is 0. The molecule has 0 unspecified atom stereocenters. The van der Waals surface area contributed by atoms with Crippen molar-refractivity contribution in [1.29, 1.82) is 0 Å². The molecule has 0 atom stereocenters. The van der Waals surface area contributed by atoms with Crippen LogP contribution < -0.4 is 0 Å². The predicted octanol–water partition coefficient (Wildman–Crippen LogP) is 1.60. The molecule has 0 spiro atoms. The summed E-state index contributed by atoms with van der Waals surface area (Å²) in [6.45, 7) is 10.0. The summed E-state index contributed by atoms with van der Waals surface area (Å²) < 4.78 is 5.48. The lowest BCUT2D eigenvalue weighted by molar-refractivity contribution is 0.614. The summed E-state index contributed by atoms with van der Waals surface area (Å²) in [5, 5.41) is 0. The SMILES string of the molecule is C=C[Si](C)O[Si](C)C. The first kappa shape index (κ1) is 8.13. The van der Waals surface area contributed by atoms with E-state index in [1.807, 2.05) is 5.70 Å². The van der Waals surface area contributed by atoms with E-state index in [9.17, 15) is 0 Å². The van der Waals surface area contributed by atoms with Crippen LogP contribution in [0.1, 0.15) is 0 Å². The van der Waals surface area contributed by atoms with Crippen molar-refractivity contribution in [3.05, 3.63) is 12.3 Å². The van der Waals surface area contributed by atoms with Crippen molar-refractivity contribution in [2.75, 3.05) is 0 Å². The first-order valence-electron chi connectivity index (χ1n) is 2.61. The minimum absolute atomic E-state index is 0.472. The van der Waals surface area contributed by atoms with Crippen molar-refractivity contribution in [3.63, 3.8) is 0 Å². The van der Waals surface area contributed by atoms with E-state index in [-0.39, 0.29) is 0 Å². The summed E-state index contributed by atoms with van der Waals surface area (Å²) >= 11 is 0. The molecule has 0 saturated heterocycles. The molecule has 0 amide bonds. The Balaban J connectivity index is 3.23. The monoisotopic (exact) mass is 144 g/mol. The van der Waals surface area contributed by atoms with Gasteiger partial charge < -0.3 is 4.12 Å². The zero-order valence-electron chi connectivity index (χ0n) is 5.69. The number of rotatable bonds is 3. The fourth-order valence-electron chi connectivity index (χ4n) is 0.364. The van der Waals surface area contributed by atoms with Gasteiger partial charge in [-0.05, 0) is 19.6 Å². The van der Waals surface area contributed by atoms with Crippen LogP contribution in [0.25, 0.3) is 0 Å². The van der Waals surface area contributed by atoms with E-state index >= 15 is 0 Å². The van der Waals surface area contributed by atoms with Gasteiger partial charge in [-0.15, -0.1) is 6.58 Å². The molecule has 0 fully saturated rings. The molecule has 0 aliphatic heterocycles. The molecule has 2 radical (unpaired) electrons. The first-order chi connectivity index (χ1) is 3.66. The molecule has 0 aliphatic rings. The van der Waals surface area contributed by atoms with Gasteiger partial charge in [0.2, 0.25) is 9.04 Å². The average molecular weight is 144 g/mol. The van der Waals surface area contributed by atoms with Crippen molar-refractivity contribution < 1.29 is 4.12 Å². The Bertz CT molecular complexity index is 72.8. The molecule has 8 heavy (non-hydrogen) atoms. The molecule has 0 heterocycles. The summed E-state index contributed by atoms with van der Waals surface area (Å²) in [5.74, 6) is 0. The normalized spacial score (nSPS) is 10.6. The third-order valence-corrected chi connectivity index (χ3v) is 4.15. The molecule has 0 rings (SSSR count). The van der Waals surface area contributed by atoms with E-state index in [0.29, 0.717) is 0 Å². The van der Waals surface area contributed by atoms with E-state index in [4.69, 9.17) is 4.12 Å². The van der Waals surface area contributed by atoms with Gasteiger partial charge in [0.1, 0.15) is 0 Å². The lowest BCUT2D eigenvalue weighted by Gasteiger charge is -2.06. The Labute approximate surface area is 54.8 Å². The van der Waals surface area contributed by atoms with Gasteiger partial charge in [-0.25, -0.2) is 0 Å². The second-order valence-electron chi connectivity index (χ2n) is 1.83. The Morgan fingerprint density at radius 3 is 2.00 bits per heavy atom. The Hall–Kier alpha value is 0.134. The summed E-state index contributed by atoms with van der Waals surface area (Å²) in [5.41, 5.74) is 1.92. The average Bonchev–Trinajstić information content (AvgIpc) is 1.65. The molecular formula is C5H12OSi2. The molecule has 0 aromatic rings. The van der Waals surface area contributed by atoms with Crippen LogP contribution in [0, 0.1) is 0 Å². The summed E-state index contributed by atoms with van der Waals surface area (Å²) in [7, 11) is -1.09. The predicted molar refractivity (Wildman–Crippen MR) is 40.4 cm³/mol. The summed E-state index contributed by atoms with van der Waals surface area (Å²) in [6.07, 6.45) is 0. The Kier molecular flexibility index (Phi) is 4.12. The maximum Gasteiger partial charge on any atom is 0.223 e. The number of hydrogen-bond acceptors (Lipinski definition) is 1. The van der Waals surface area contributed by atoms with Crippen LogP contribution in [0.5, 0.6) is 0 Å². The second-order valence-corrected chi connectivity index (χ2v) is 6.09. The lowest BCUT2D eigenvalue weighted by atomic mass is 11.3. The minimum atomic E-state index is -0.619. The molecule has 0 aliphatic carbocycles. The fraction of sp³-hybridized carbons (Fsp3) is 0.600. The van der Waals surface area contributed by atoms with Crippen LogP contribution in [0.3, 0.4) is 0 Å². The third kappa shape index (κ3) is 4.30. The standard InChI is InChI=1S/C5H12OSi2/c1-5-8(4)6-7(2)3/h5H,1H2,2-4H3. The molecule has 0 aromatic heterocycles. The number of hydrogen-bond donors (Lipinski definition) is 0. The van der Waals surface area contributed by atoms with Gasteiger partial charge >= 0.3 is 0 Å². The lowest BCUT2D eigenvalue weighted by Crippen LogP contribution is -2.18. The van der Waals surface area contributed by atoms with Crippen LogP contribution in [0.15, 0.2) is 12.3 Å². The van der Waals surface area contributed by atoms with Crippen LogP contribution in [-0.2, 0) is 4.12 Å². The second kappa shape index (κ2) is 4.06. The van der Waals surface area contributed by atoms with Crippen LogP contribution in [0.2, 0.25) is 19.6 Å². The van der Waals surface area contributed by atoms with Crippen molar-refractivity contribution in [2.45, 2.75) is 19.6 Å². The van der Waals surface area contributed by atoms with Gasteiger partial charge in [0.25, 0.3) is 0 Å². The minimum Gasteiger partial charge on any atom is -0.453 e. The van der Waals surface area contributed by atoms with E-state index in [2.05, 4.69) is 26.2 Å². The smallest absolute Gasteiger partial charge is 0.223 e. The van der Waals surface area contributed by atoms with Crippen LogP contribution in [-0.4, -0.2) is 18.1 Å². The highest BCUT2D eigenvalue weighted by Gasteiger charge is 2.02. The molecule has 0 saturated carbocycles. The van der Waals surface area contributed by atoms with E-state index in [0.717, 1.165) is 0 Å². The Morgan fingerprint density at radius 1 is 1.38 bits per heavy atom. The molecular weight excluding hydrogens is 132 g/mol. The van der Waals surface area contributed by atoms with E-state index < -0.39 is 18.1 Å². The van der Waals surface area contributed by atoms with E-state index in [1.165, 1.54) is 0 Å². The zero-order valence-corrected chi connectivity index (χ0v) is 7.69. The quantitative estimate of drug-likeness (QED) is 0.547. The maximum atomic E-state index is 5.48. The Morgan fingerprint density at radius 2 is 1.88 bits per heavy atom. The van der Waals surface area contributed by atoms with Gasteiger partial charge in [-0.3, -0.25) is 0 Å². The highest BCUT2D eigenvalue weighted by atomic mass is 28.4. The van der Waals surface area contributed by atoms with E-state index in [1.54, 1.807) is 0 Å². The van der Waals surface area contributed by atoms with Gasteiger partial charge in [-0.1, -0.05) is 5.70 Å². The molecule has 3 heteroatoms. The first-order valence-corrected chi connectivity index (χ1v) is 7.00. The van der Waals surface area contributed by atoms with Crippen molar-refractivity contribution in [2.24, 2.45) is 0 Å². The van der Waals surface area contributed by atoms with Crippen molar-refractivity contribution in [3.8, 4) is 0 Å². The maximum absolute atomic E-state index is 5.48. The van der Waals surface area contributed by atoms with Crippen LogP contribution in [0.4, 0.5) is 0 Å². The molecule has 1 nitrogen and oxygen atoms in total. The van der Waals surface area contributed by atoms with Gasteiger partial charge in [0.05, 0.1) is 0 Å². The zero-order chi connectivity index (χ0) is 6.57. The van der Waals surface area contributed by atoms with Gasteiger partial charge in [-0.2, -0.15) is 0 Å². The molecule has 0 N–H and O–H groups in total. The fourth-order valence-corrected chi connectivity index (χ4v) is 3.27. The topological polar surface area (TPSA) is 9.23 Å². The van der Waals surface area contributed by atoms with Gasteiger partial charge in [0, 0.05) is 0 Å². The third-order valence-electron chi connectivity index (χ3n) is 0.653. The highest BCUT2D eigenvalue weighted by Crippen LogP contribution is 1.89. The van der Waals surface area contributed by atoms with Gasteiger partial charge in [0.15, 0.2) is 9.04 Å². The molecule has 0 bridgehead atoms. The summed E-state index contributed by atoms with van der Waals surface area (Å²) in [6, 6.07) is 0. The highest BCUT2D eigenvalue weighted by molar-refractivity contribution is 6.66. The molecule has 0 aromatic carbocycles. The largest absolute Gasteiger partial charge is 0.453 e.